The summed E-state index contributed by atoms with van der Waals surface area (Å²) in [5.74, 6) is -0.503. The van der Waals surface area contributed by atoms with Gasteiger partial charge in [-0.1, -0.05) is 23.8 Å². The SMILES string of the molecule is Cc1ccc(C(=O)N2CC(N(CCN3CCOCC3)C(=O)c3cccs3)CC2C(=O)NCCN)cc1. The molecule has 4 rings (SSSR count). The lowest BCUT2D eigenvalue weighted by atomic mass is 10.1. The number of aryl methyl sites for hydroxylation is 1. The van der Waals surface area contributed by atoms with Crippen molar-refractivity contribution in [3.63, 3.8) is 0 Å². The molecule has 3 heterocycles. The minimum atomic E-state index is -0.669. The average molecular weight is 514 g/mol. The van der Waals surface area contributed by atoms with Gasteiger partial charge in [-0.2, -0.15) is 0 Å². The summed E-state index contributed by atoms with van der Waals surface area (Å²) in [6.07, 6.45) is 0.383. The van der Waals surface area contributed by atoms with E-state index in [0.29, 0.717) is 62.8 Å². The normalized spacial score (nSPS) is 20.3. The Morgan fingerprint density at radius 1 is 1.17 bits per heavy atom. The Morgan fingerprint density at radius 2 is 1.92 bits per heavy atom. The lowest BCUT2D eigenvalue weighted by Crippen LogP contribution is -2.48. The number of likely N-dealkylation sites (tertiary alicyclic amines) is 1. The number of carbonyl (C=O) groups is 3. The lowest BCUT2D eigenvalue weighted by molar-refractivity contribution is -0.124. The van der Waals surface area contributed by atoms with E-state index in [1.807, 2.05) is 41.5 Å². The fraction of sp³-hybridized carbons (Fsp3) is 0.500. The molecule has 0 bridgehead atoms. The fourth-order valence-corrected chi connectivity index (χ4v) is 5.43. The van der Waals surface area contributed by atoms with Gasteiger partial charge in [-0.05, 0) is 36.9 Å². The maximum Gasteiger partial charge on any atom is 0.264 e. The molecule has 1 aromatic heterocycles. The maximum atomic E-state index is 13.6. The van der Waals surface area contributed by atoms with E-state index >= 15 is 0 Å². The second kappa shape index (κ2) is 12.4. The van der Waals surface area contributed by atoms with Gasteiger partial charge in [0.15, 0.2) is 0 Å². The minimum absolute atomic E-state index is 0.0611. The second-order valence-corrected chi connectivity index (χ2v) is 10.2. The molecule has 2 fully saturated rings. The highest BCUT2D eigenvalue weighted by atomic mass is 32.1. The monoisotopic (exact) mass is 513 g/mol. The molecule has 2 saturated heterocycles. The van der Waals surface area contributed by atoms with E-state index in [1.165, 1.54) is 11.3 Å². The van der Waals surface area contributed by atoms with Gasteiger partial charge in [0.05, 0.1) is 24.1 Å². The molecule has 2 aliphatic rings. The first-order chi connectivity index (χ1) is 17.5. The molecule has 194 valence electrons. The Hall–Kier alpha value is -2.79. The second-order valence-electron chi connectivity index (χ2n) is 9.24. The van der Waals surface area contributed by atoms with Gasteiger partial charge >= 0.3 is 0 Å². The van der Waals surface area contributed by atoms with Crippen molar-refractivity contribution >= 4 is 29.1 Å². The van der Waals surface area contributed by atoms with Crippen molar-refractivity contribution in [3.05, 3.63) is 57.8 Å². The number of hydrogen-bond donors (Lipinski definition) is 2. The summed E-state index contributed by atoms with van der Waals surface area (Å²) in [5.41, 5.74) is 7.18. The molecule has 0 saturated carbocycles. The van der Waals surface area contributed by atoms with Gasteiger partial charge in [-0.3, -0.25) is 19.3 Å². The Balaban J connectivity index is 1.57. The number of thiophene rings is 1. The fourth-order valence-electron chi connectivity index (χ4n) is 4.75. The molecule has 2 aromatic rings. The van der Waals surface area contributed by atoms with Crippen molar-refractivity contribution in [1.29, 1.82) is 0 Å². The summed E-state index contributed by atoms with van der Waals surface area (Å²) in [6.45, 7) is 7.17. The molecular weight excluding hydrogens is 478 g/mol. The van der Waals surface area contributed by atoms with Gasteiger partial charge in [0.2, 0.25) is 5.91 Å². The van der Waals surface area contributed by atoms with Crippen molar-refractivity contribution in [1.82, 2.24) is 20.0 Å². The van der Waals surface area contributed by atoms with E-state index in [2.05, 4.69) is 10.2 Å². The molecule has 2 atom stereocenters. The van der Waals surface area contributed by atoms with Crippen LogP contribution in [0.1, 0.15) is 32.0 Å². The van der Waals surface area contributed by atoms with E-state index in [0.717, 1.165) is 18.7 Å². The summed E-state index contributed by atoms with van der Waals surface area (Å²) in [4.78, 5) is 46.6. The van der Waals surface area contributed by atoms with Crippen LogP contribution >= 0.6 is 11.3 Å². The highest BCUT2D eigenvalue weighted by molar-refractivity contribution is 7.12. The lowest BCUT2D eigenvalue weighted by Gasteiger charge is -2.33. The van der Waals surface area contributed by atoms with E-state index in [4.69, 9.17) is 10.5 Å². The molecule has 9 nitrogen and oxygen atoms in total. The van der Waals surface area contributed by atoms with E-state index in [-0.39, 0.29) is 23.8 Å². The Labute approximate surface area is 216 Å². The van der Waals surface area contributed by atoms with Crippen LogP contribution < -0.4 is 11.1 Å². The molecule has 1 aromatic carbocycles. The number of benzene rings is 1. The molecule has 36 heavy (non-hydrogen) atoms. The molecule has 2 unspecified atom stereocenters. The van der Waals surface area contributed by atoms with Crippen LogP contribution in [0.25, 0.3) is 0 Å². The van der Waals surface area contributed by atoms with Crippen LogP contribution in [0, 0.1) is 6.92 Å². The zero-order valence-corrected chi connectivity index (χ0v) is 21.5. The molecule has 2 aliphatic heterocycles. The molecule has 3 N–H and O–H groups in total. The van der Waals surface area contributed by atoms with Crippen LogP contribution in [-0.4, -0.2) is 104 Å². The van der Waals surface area contributed by atoms with Crippen LogP contribution in [0.15, 0.2) is 41.8 Å². The summed E-state index contributed by atoms with van der Waals surface area (Å²) >= 11 is 1.40. The third-order valence-corrected chi connectivity index (χ3v) is 7.64. The number of hydrogen-bond acceptors (Lipinski definition) is 7. The topological polar surface area (TPSA) is 108 Å². The minimum Gasteiger partial charge on any atom is -0.379 e. The van der Waals surface area contributed by atoms with Crippen LogP contribution in [0.2, 0.25) is 0 Å². The average Bonchev–Trinajstić information content (AvgIpc) is 3.59. The van der Waals surface area contributed by atoms with Crippen molar-refractivity contribution in [3.8, 4) is 0 Å². The number of nitrogens with two attached hydrogens (primary N) is 1. The molecule has 0 radical (unpaired) electrons. The van der Waals surface area contributed by atoms with Crippen molar-refractivity contribution in [2.24, 2.45) is 5.73 Å². The van der Waals surface area contributed by atoms with Gasteiger partial charge in [-0.15, -0.1) is 11.3 Å². The highest BCUT2D eigenvalue weighted by Gasteiger charge is 2.43. The third kappa shape index (κ3) is 6.31. The van der Waals surface area contributed by atoms with Gasteiger partial charge in [0, 0.05) is 51.4 Å². The Bertz CT molecular complexity index is 1020. The zero-order valence-electron chi connectivity index (χ0n) is 20.7. The van der Waals surface area contributed by atoms with Gasteiger partial charge in [0.1, 0.15) is 6.04 Å². The first kappa shape index (κ1) is 26.3. The number of nitrogens with one attached hydrogen (secondary N) is 1. The summed E-state index contributed by atoms with van der Waals surface area (Å²) in [6, 6.07) is 10.1. The van der Waals surface area contributed by atoms with Crippen molar-refractivity contribution in [2.75, 3.05) is 59.0 Å². The van der Waals surface area contributed by atoms with Gasteiger partial charge in [0.25, 0.3) is 11.8 Å². The molecule has 0 aliphatic carbocycles. The standard InChI is InChI=1S/C26H35N5O4S/c1-19-4-6-20(7-5-19)25(33)31-18-21(17-22(31)24(32)28-9-8-27)30(26(34)23-3-2-16-36-23)11-10-29-12-14-35-15-13-29/h2-7,16,21-22H,8-15,17-18,27H2,1H3,(H,28,32). The van der Waals surface area contributed by atoms with Crippen LogP contribution in [-0.2, 0) is 9.53 Å². The summed E-state index contributed by atoms with van der Waals surface area (Å²) < 4.78 is 5.46. The smallest absolute Gasteiger partial charge is 0.264 e. The quantitative estimate of drug-likeness (QED) is 0.522. The first-order valence-corrected chi connectivity index (χ1v) is 13.4. The molecule has 0 spiro atoms. The largest absolute Gasteiger partial charge is 0.379 e. The Morgan fingerprint density at radius 3 is 2.58 bits per heavy atom. The van der Waals surface area contributed by atoms with Crippen LogP contribution in [0.5, 0.6) is 0 Å². The predicted molar refractivity (Wildman–Crippen MR) is 139 cm³/mol. The number of amides is 3. The molecule has 3 amide bonds. The number of rotatable bonds is 9. The number of morpholine rings is 1. The van der Waals surface area contributed by atoms with E-state index in [9.17, 15) is 14.4 Å². The first-order valence-electron chi connectivity index (χ1n) is 12.5. The number of carbonyl (C=O) groups excluding carboxylic acids is 3. The summed E-state index contributed by atoms with van der Waals surface area (Å²) in [7, 11) is 0. The van der Waals surface area contributed by atoms with Crippen LogP contribution in [0.3, 0.4) is 0 Å². The Kier molecular flexibility index (Phi) is 9.08. The highest BCUT2D eigenvalue weighted by Crippen LogP contribution is 2.27. The molecular formula is C26H35N5O4S. The number of ether oxygens (including phenoxy) is 1. The van der Waals surface area contributed by atoms with Crippen molar-refractivity contribution in [2.45, 2.75) is 25.4 Å². The molecule has 10 heteroatoms. The predicted octanol–water partition coefficient (Wildman–Crippen LogP) is 1.19. The van der Waals surface area contributed by atoms with E-state index in [1.54, 1.807) is 17.0 Å². The third-order valence-electron chi connectivity index (χ3n) is 6.78. The van der Waals surface area contributed by atoms with Gasteiger partial charge in [-0.25, -0.2) is 0 Å². The number of nitrogens with zero attached hydrogens (tertiary/aromatic N) is 3. The summed E-state index contributed by atoms with van der Waals surface area (Å²) in [5, 5.41) is 4.73. The van der Waals surface area contributed by atoms with Gasteiger partial charge < -0.3 is 25.6 Å². The maximum absolute atomic E-state index is 13.6. The van der Waals surface area contributed by atoms with E-state index < -0.39 is 6.04 Å². The van der Waals surface area contributed by atoms with Crippen molar-refractivity contribution < 1.29 is 19.1 Å². The zero-order chi connectivity index (χ0) is 25.5. The van der Waals surface area contributed by atoms with Crippen LogP contribution in [0.4, 0.5) is 0 Å².